The van der Waals surface area contributed by atoms with Crippen molar-refractivity contribution in [2.24, 2.45) is 5.92 Å². The van der Waals surface area contributed by atoms with E-state index in [1.54, 1.807) is 12.1 Å². The molecule has 0 spiro atoms. The Hall–Kier alpha value is -2.90. The van der Waals surface area contributed by atoms with Crippen molar-refractivity contribution >= 4 is 17.4 Å². The zero-order valence-electron chi connectivity index (χ0n) is 15.1. The smallest absolute Gasteiger partial charge is 0.142 e. The van der Waals surface area contributed by atoms with E-state index in [9.17, 15) is 9.65 Å². The molecule has 136 valence electrons. The van der Waals surface area contributed by atoms with Crippen LogP contribution in [0.5, 0.6) is 0 Å². The van der Waals surface area contributed by atoms with Crippen molar-refractivity contribution in [2.45, 2.75) is 20.3 Å². The third-order valence-corrected chi connectivity index (χ3v) is 4.59. The lowest BCUT2D eigenvalue weighted by atomic mass is 9.97. The van der Waals surface area contributed by atoms with Crippen molar-refractivity contribution < 1.29 is 4.39 Å². The van der Waals surface area contributed by atoms with E-state index >= 15 is 0 Å². The largest absolute Gasteiger partial charge is 0.383 e. The van der Waals surface area contributed by atoms with Crippen LogP contribution in [0, 0.1) is 23.1 Å². The van der Waals surface area contributed by atoms with Crippen LogP contribution >= 0.6 is 11.6 Å². The highest BCUT2D eigenvalue weighted by atomic mass is 35.5. The molecule has 0 aliphatic heterocycles. The van der Waals surface area contributed by atoms with Crippen LogP contribution in [0.15, 0.2) is 48.5 Å². The molecule has 1 aromatic heterocycles. The maximum absolute atomic E-state index is 13.9. The average Bonchev–Trinajstić information content (AvgIpc) is 2.63. The number of nitrogens with zero attached hydrogens (tertiary/aromatic N) is 2. The molecule has 0 saturated heterocycles. The van der Waals surface area contributed by atoms with Crippen molar-refractivity contribution in [2.75, 3.05) is 5.73 Å². The molecule has 2 aromatic carbocycles. The molecule has 2 N–H and O–H groups in total. The SMILES string of the molecule is CC(C)Cc1ccc(-c2cc(-c3ccc(Cl)c(F)c3)c(C#N)c(N)n2)cc1. The molecule has 1 heterocycles. The molecule has 0 aliphatic carbocycles. The van der Waals surface area contributed by atoms with Gasteiger partial charge in [0.05, 0.1) is 10.7 Å². The second-order valence-electron chi connectivity index (χ2n) is 6.85. The van der Waals surface area contributed by atoms with Crippen molar-refractivity contribution in [3.05, 3.63) is 70.5 Å². The lowest BCUT2D eigenvalue weighted by molar-refractivity contribution is 0.629. The number of hydrogen-bond donors (Lipinski definition) is 1. The summed E-state index contributed by atoms with van der Waals surface area (Å²) >= 11 is 5.77. The summed E-state index contributed by atoms with van der Waals surface area (Å²) in [7, 11) is 0. The van der Waals surface area contributed by atoms with Gasteiger partial charge in [0.25, 0.3) is 0 Å². The van der Waals surface area contributed by atoms with E-state index < -0.39 is 5.82 Å². The van der Waals surface area contributed by atoms with Gasteiger partial charge >= 0.3 is 0 Å². The molecule has 0 amide bonds. The fourth-order valence-corrected chi connectivity index (χ4v) is 3.12. The lowest BCUT2D eigenvalue weighted by Crippen LogP contribution is -2.00. The number of rotatable bonds is 4. The Morgan fingerprint density at radius 3 is 2.37 bits per heavy atom. The van der Waals surface area contributed by atoms with Crippen LogP contribution < -0.4 is 5.73 Å². The zero-order valence-corrected chi connectivity index (χ0v) is 15.9. The van der Waals surface area contributed by atoms with Crippen LogP contribution in [-0.4, -0.2) is 4.98 Å². The van der Waals surface area contributed by atoms with Gasteiger partial charge in [-0.2, -0.15) is 5.26 Å². The van der Waals surface area contributed by atoms with Gasteiger partial charge in [-0.05, 0) is 41.7 Å². The molecule has 0 unspecified atom stereocenters. The summed E-state index contributed by atoms with van der Waals surface area (Å²) in [5, 5.41) is 9.50. The summed E-state index contributed by atoms with van der Waals surface area (Å²) in [5.74, 6) is 0.144. The summed E-state index contributed by atoms with van der Waals surface area (Å²) in [6.07, 6.45) is 0.999. The predicted octanol–water partition coefficient (Wildman–Crippen LogP) is 5.86. The minimum Gasteiger partial charge on any atom is -0.383 e. The summed E-state index contributed by atoms with van der Waals surface area (Å²) in [5.41, 5.74) is 10.1. The number of halogens is 2. The van der Waals surface area contributed by atoms with Crippen molar-refractivity contribution in [3.8, 4) is 28.5 Å². The van der Waals surface area contributed by atoms with Gasteiger partial charge in [0, 0.05) is 11.1 Å². The number of nitrogens with two attached hydrogens (primary N) is 1. The zero-order chi connectivity index (χ0) is 19.6. The first-order valence-corrected chi connectivity index (χ1v) is 9.02. The molecule has 5 heteroatoms. The second-order valence-corrected chi connectivity index (χ2v) is 7.26. The second kappa shape index (κ2) is 7.77. The Kier molecular flexibility index (Phi) is 5.43. The van der Waals surface area contributed by atoms with Crippen LogP contribution in [0.4, 0.5) is 10.2 Å². The molecule has 0 fully saturated rings. The number of anilines is 1. The normalized spacial score (nSPS) is 10.8. The van der Waals surface area contributed by atoms with Gasteiger partial charge in [0.1, 0.15) is 23.3 Å². The molecular weight excluding hydrogens is 361 g/mol. The van der Waals surface area contributed by atoms with Crippen molar-refractivity contribution in [1.29, 1.82) is 5.26 Å². The quantitative estimate of drug-likeness (QED) is 0.617. The standard InChI is InChI=1S/C22H19ClFN3/c1-13(2)9-14-3-5-15(6-4-14)21-11-17(18(12-25)22(26)27-21)16-7-8-19(23)20(24)10-16/h3-8,10-11,13H,9H2,1-2H3,(H2,26,27). The molecule has 0 atom stereocenters. The van der Waals surface area contributed by atoms with E-state index in [0.29, 0.717) is 22.7 Å². The maximum Gasteiger partial charge on any atom is 0.142 e. The van der Waals surface area contributed by atoms with Gasteiger partial charge in [0.15, 0.2) is 0 Å². The van der Waals surface area contributed by atoms with E-state index in [2.05, 4.69) is 37.0 Å². The number of hydrogen-bond acceptors (Lipinski definition) is 3. The topological polar surface area (TPSA) is 62.7 Å². The van der Waals surface area contributed by atoms with Crippen LogP contribution in [0.25, 0.3) is 22.4 Å². The Balaban J connectivity index is 2.09. The Morgan fingerprint density at radius 2 is 1.78 bits per heavy atom. The molecular formula is C22H19ClFN3. The third kappa shape index (κ3) is 4.10. The molecule has 3 nitrogen and oxygen atoms in total. The predicted molar refractivity (Wildman–Crippen MR) is 108 cm³/mol. The molecule has 27 heavy (non-hydrogen) atoms. The number of nitrogen functional groups attached to an aromatic ring is 1. The number of benzene rings is 2. The highest BCUT2D eigenvalue weighted by Crippen LogP contribution is 2.32. The molecule has 0 aliphatic rings. The van der Waals surface area contributed by atoms with Crippen molar-refractivity contribution in [3.63, 3.8) is 0 Å². The first-order chi connectivity index (χ1) is 12.9. The fraction of sp³-hybridized carbons (Fsp3) is 0.182. The van der Waals surface area contributed by atoms with Gasteiger partial charge in [-0.25, -0.2) is 9.37 Å². The van der Waals surface area contributed by atoms with Gasteiger partial charge in [0.2, 0.25) is 0 Å². The lowest BCUT2D eigenvalue weighted by Gasteiger charge is -2.11. The molecule has 3 rings (SSSR count). The highest BCUT2D eigenvalue weighted by molar-refractivity contribution is 6.30. The van der Waals surface area contributed by atoms with E-state index in [0.717, 1.165) is 12.0 Å². The highest BCUT2D eigenvalue weighted by Gasteiger charge is 2.15. The average molecular weight is 380 g/mol. The Morgan fingerprint density at radius 1 is 1.11 bits per heavy atom. The van der Waals surface area contributed by atoms with E-state index in [1.807, 2.05) is 12.1 Å². The van der Waals surface area contributed by atoms with Crippen LogP contribution in [0.3, 0.4) is 0 Å². The Bertz CT molecular complexity index is 1020. The monoisotopic (exact) mass is 379 g/mol. The van der Waals surface area contributed by atoms with Gasteiger partial charge in [-0.15, -0.1) is 0 Å². The minimum atomic E-state index is -0.548. The van der Waals surface area contributed by atoms with Crippen LogP contribution in [-0.2, 0) is 6.42 Å². The first-order valence-electron chi connectivity index (χ1n) is 8.64. The number of pyridine rings is 1. The van der Waals surface area contributed by atoms with E-state index in [4.69, 9.17) is 17.3 Å². The Labute approximate surface area is 163 Å². The van der Waals surface area contributed by atoms with Crippen LogP contribution in [0.1, 0.15) is 25.0 Å². The van der Waals surface area contributed by atoms with E-state index in [1.165, 1.54) is 17.7 Å². The fourth-order valence-electron chi connectivity index (χ4n) is 3.00. The van der Waals surface area contributed by atoms with Crippen LogP contribution in [0.2, 0.25) is 5.02 Å². The summed E-state index contributed by atoms with van der Waals surface area (Å²) in [6, 6.07) is 16.3. The molecule has 0 bridgehead atoms. The van der Waals surface area contributed by atoms with Gasteiger partial charge in [-0.3, -0.25) is 0 Å². The molecule has 0 radical (unpaired) electrons. The number of nitriles is 1. The molecule has 3 aromatic rings. The number of aromatic nitrogens is 1. The summed E-state index contributed by atoms with van der Waals surface area (Å²) in [6.45, 7) is 4.35. The van der Waals surface area contributed by atoms with Gasteiger partial charge in [-0.1, -0.05) is 55.8 Å². The van der Waals surface area contributed by atoms with E-state index in [-0.39, 0.29) is 16.4 Å². The van der Waals surface area contributed by atoms with Gasteiger partial charge < -0.3 is 5.73 Å². The van der Waals surface area contributed by atoms with Crippen molar-refractivity contribution in [1.82, 2.24) is 4.98 Å². The third-order valence-electron chi connectivity index (χ3n) is 4.28. The first kappa shape index (κ1) is 18.9. The maximum atomic E-state index is 13.9. The minimum absolute atomic E-state index is 0.0280. The summed E-state index contributed by atoms with van der Waals surface area (Å²) < 4.78 is 13.9. The molecule has 0 saturated carbocycles. The summed E-state index contributed by atoms with van der Waals surface area (Å²) in [4.78, 5) is 4.37.